The fourth-order valence-corrected chi connectivity index (χ4v) is 3.17. The van der Waals surface area contributed by atoms with Crippen molar-refractivity contribution in [2.45, 2.75) is 38.5 Å². The van der Waals surface area contributed by atoms with Crippen LogP contribution in [0.25, 0.3) is 0 Å². The number of rotatable bonds is 4. The standard InChI is InChI=1S/C14H22N4O/c1-18-14(11-3-2-4-12(11)17-18)16-13(19)6-5-10-7-8-15-9-10/h10,15H,2-9H2,1H3,(H,16,19). The van der Waals surface area contributed by atoms with E-state index in [9.17, 15) is 4.79 Å². The van der Waals surface area contributed by atoms with Gasteiger partial charge in [0.25, 0.3) is 0 Å². The third-order valence-electron chi connectivity index (χ3n) is 4.27. The zero-order valence-electron chi connectivity index (χ0n) is 11.5. The molecule has 2 N–H and O–H groups in total. The minimum atomic E-state index is 0.129. The summed E-state index contributed by atoms with van der Waals surface area (Å²) in [5, 5.41) is 10.9. The van der Waals surface area contributed by atoms with E-state index in [-0.39, 0.29) is 5.91 Å². The summed E-state index contributed by atoms with van der Waals surface area (Å²) >= 11 is 0. The molecule has 0 spiro atoms. The van der Waals surface area contributed by atoms with Gasteiger partial charge < -0.3 is 10.6 Å². The van der Waals surface area contributed by atoms with E-state index in [1.54, 1.807) is 0 Å². The number of amides is 1. The second kappa shape index (κ2) is 5.33. The highest BCUT2D eigenvalue weighted by Crippen LogP contribution is 2.28. The van der Waals surface area contributed by atoms with Gasteiger partial charge in [-0.2, -0.15) is 5.10 Å². The summed E-state index contributed by atoms with van der Waals surface area (Å²) < 4.78 is 1.82. The Kier molecular flexibility index (Phi) is 3.55. The molecule has 1 amide bonds. The van der Waals surface area contributed by atoms with Gasteiger partial charge in [-0.05, 0) is 51.1 Å². The molecule has 0 bridgehead atoms. The van der Waals surface area contributed by atoms with E-state index in [4.69, 9.17) is 0 Å². The molecule has 1 aliphatic carbocycles. The Morgan fingerprint density at radius 1 is 1.53 bits per heavy atom. The number of nitrogens with one attached hydrogen (secondary N) is 2. The molecule has 1 saturated heterocycles. The molecule has 1 aliphatic heterocycles. The number of nitrogens with zero attached hydrogens (tertiary/aromatic N) is 2. The van der Waals surface area contributed by atoms with Gasteiger partial charge in [-0.25, -0.2) is 0 Å². The molecule has 2 aliphatic rings. The van der Waals surface area contributed by atoms with Crippen molar-refractivity contribution in [2.75, 3.05) is 18.4 Å². The Labute approximate surface area is 113 Å². The number of hydrogen-bond donors (Lipinski definition) is 2. The van der Waals surface area contributed by atoms with Crippen LogP contribution in [-0.2, 0) is 24.7 Å². The molecule has 0 radical (unpaired) electrons. The monoisotopic (exact) mass is 262 g/mol. The molecule has 5 heteroatoms. The highest BCUT2D eigenvalue weighted by Gasteiger charge is 2.22. The number of aromatic nitrogens is 2. The minimum Gasteiger partial charge on any atom is -0.316 e. The fraction of sp³-hybridized carbons (Fsp3) is 0.714. The second-order valence-electron chi connectivity index (χ2n) is 5.70. The molecule has 3 rings (SSSR count). The maximum absolute atomic E-state index is 12.0. The first-order valence-electron chi connectivity index (χ1n) is 7.29. The Morgan fingerprint density at radius 3 is 3.21 bits per heavy atom. The van der Waals surface area contributed by atoms with Gasteiger partial charge >= 0.3 is 0 Å². The summed E-state index contributed by atoms with van der Waals surface area (Å²) in [6.07, 6.45) is 6.06. The third kappa shape index (κ3) is 2.66. The lowest BCUT2D eigenvalue weighted by Gasteiger charge is -2.10. The van der Waals surface area contributed by atoms with Crippen molar-refractivity contribution in [1.29, 1.82) is 0 Å². The molecule has 0 aromatic carbocycles. The first-order valence-corrected chi connectivity index (χ1v) is 7.29. The highest BCUT2D eigenvalue weighted by atomic mass is 16.1. The summed E-state index contributed by atoms with van der Waals surface area (Å²) in [4.78, 5) is 12.0. The highest BCUT2D eigenvalue weighted by molar-refractivity contribution is 5.90. The SMILES string of the molecule is Cn1nc2c(c1NC(=O)CCC1CCNC1)CCC2. The largest absolute Gasteiger partial charge is 0.316 e. The van der Waals surface area contributed by atoms with E-state index in [0.29, 0.717) is 12.3 Å². The Bertz CT molecular complexity index is 474. The van der Waals surface area contributed by atoms with Gasteiger partial charge in [0.1, 0.15) is 5.82 Å². The number of carbonyl (C=O) groups is 1. The summed E-state index contributed by atoms with van der Waals surface area (Å²) in [7, 11) is 1.91. The summed E-state index contributed by atoms with van der Waals surface area (Å²) in [5.41, 5.74) is 2.41. The van der Waals surface area contributed by atoms with Crippen molar-refractivity contribution in [3.05, 3.63) is 11.3 Å². The topological polar surface area (TPSA) is 59.0 Å². The van der Waals surface area contributed by atoms with Gasteiger partial charge in [-0.15, -0.1) is 0 Å². The van der Waals surface area contributed by atoms with Crippen molar-refractivity contribution < 1.29 is 4.79 Å². The lowest BCUT2D eigenvalue weighted by atomic mass is 10.0. The van der Waals surface area contributed by atoms with E-state index < -0.39 is 0 Å². The zero-order chi connectivity index (χ0) is 13.2. The van der Waals surface area contributed by atoms with Crippen LogP contribution in [0, 0.1) is 5.92 Å². The van der Waals surface area contributed by atoms with Crippen molar-refractivity contribution >= 4 is 11.7 Å². The minimum absolute atomic E-state index is 0.129. The number of aryl methyl sites for hydroxylation is 2. The fourth-order valence-electron chi connectivity index (χ4n) is 3.17. The molecule has 0 saturated carbocycles. The molecule has 19 heavy (non-hydrogen) atoms. The van der Waals surface area contributed by atoms with Gasteiger partial charge in [0, 0.05) is 19.0 Å². The van der Waals surface area contributed by atoms with Crippen LogP contribution in [0.3, 0.4) is 0 Å². The van der Waals surface area contributed by atoms with Crippen LogP contribution in [0.1, 0.15) is 36.9 Å². The number of carbonyl (C=O) groups excluding carboxylic acids is 1. The quantitative estimate of drug-likeness (QED) is 0.858. The van der Waals surface area contributed by atoms with Crippen LogP contribution in [-0.4, -0.2) is 28.8 Å². The lowest BCUT2D eigenvalue weighted by Crippen LogP contribution is -2.17. The maximum Gasteiger partial charge on any atom is 0.225 e. The summed E-state index contributed by atoms with van der Waals surface area (Å²) in [6, 6.07) is 0. The third-order valence-corrected chi connectivity index (χ3v) is 4.27. The summed E-state index contributed by atoms with van der Waals surface area (Å²) in [5.74, 6) is 1.72. The summed E-state index contributed by atoms with van der Waals surface area (Å²) in [6.45, 7) is 2.16. The van der Waals surface area contributed by atoms with Crippen LogP contribution < -0.4 is 10.6 Å². The van der Waals surface area contributed by atoms with Crippen LogP contribution in [0.5, 0.6) is 0 Å². The van der Waals surface area contributed by atoms with Crippen molar-refractivity contribution in [2.24, 2.45) is 13.0 Å². The Balaban J connectivity index is 1.57. The molecule has 1 fully saturated rings. The van der Waals surface area contributed by atoms with E-state index in [2.05, 4.69) is 15.7 Å². The molecular weight excluding hydrogens is 240 g/mol. The predicted molar refractivity (Wildman–Crippen MR) is 74.1 cm³/mol. The van der Waals surface area contributed by atoms with E-state index >= 15 is 0 Å². The van der Waals surface area contributed by atoms with Crippen LogP contribution in [0.4, 0.5) is 5.82 Å². The molecule has 5 nitrogen and oxygen atoms in total. The maximum atomic E-state index is 12.0. The van der Waals surface area contributed by atoms with Gasteiger partial charge in [0.15, 0.2) is 0 Å². The Hall–Kier alpha value is -1.36. The lowest BCUT2D eigenvalue weighted by molar-refractivity contribution is -0.116. The number of anilines is 1. The first-order chi connectivity index (χ1) is 9.24. The average Bonchev–Trinajstić information content (AvgIpc) is 3.07. The van der Waals surface area contributed by atoms with E-state index in [1.807, 2.05) is 11.7 Å². The van der Waals surface area contributed by atoms with Crippen LogP contribution in [0.2, 0.25) is 0 Å². The zero-order valence-corrected chi connectivity index (χ0v) is 11.5. The van der Waals surface area contributed by atoms with Gasteiger partial charge in [0.05, 0.1) is 5.69 Å². The van der Waals surface area contributed by atoms with Crippen molar-refractivity contribution in [3.8, 4) is 0 Å². The second-order valence-corrected chi connectivity index (χ2v) is 5.70. The normalized spacial score (nSPS) is 21.6. The molecule has 1 aromatic rings. The molecule has 1 aromatic heterocycles. The van der Waals surface area contributed by atoms with Gasteiger partial charge in [-0.3, -0.25) is 9.48 Å². The number of fused-ring (bicyclic) bond motifs is 1. The first kappa shape index (κ1) is 12.7. The molecule has 2 heterocycles. The van der Waals surface area contributed by atoms with Crippen molar-refractivity contribution in [3.63, 3.8) is 0 Å². The van der Waals surface area contributed by atoms with Gasteiger partial charge in [0.2, 0.25) is 5.91 Å². The molecule has 1 atom stereocenters. The molecule has 1 unspecified atom stereocenters. The molecular formula is C14H22N4O. The van der Waals surface area contributed by atoms with Gasteiger partial charge in [-0.1, -0.05) is 0 Å². The number of hydrogen-bond acceptors (Lipinski definition) is 3. The van der Waals surface area contributed by atoms with Crippen LogP contribution >= 0.6 is 0 Å². The average molecular weight is 262 g/mol. The predicted octanol–water partition coefficient (Wildman–Crippen LogP) is 1.24. The molecule has 104 valence electrons. The van der Waals surface area contributed by atoms with E-state index in [1.165, 1.54) is 12.0 Å². The van der Waals surface area contributed by atoms with Crippen LogP contribution in [0.15, 0.2) is 0 Å². The smallest absolute Gasteiger partial charge is 0.225 e. The Morgan fingerprint density at radius 2 is 2.42 bits per heavy atom. The van der Waals surface area contributed by atoms with E-state index in [0.717, 1.165) is 50.3 Å². The van der Waals surface area contributed by atoms with Crippen molar-refractivity contribution in [1.82, 2.24) is 15.1 Å².